The molecule has 0 bridgehead atoms. The molecule has 1 saturated heterocycles. The summed E-state index contributed by atoms with van der Waals surface area (Å²) in [4.78, 5) is 12.7. The quantitative estimate of drug-likeness (QED) is 0.341. The van der Waals surface area contributed by atoms with Crippen LogP contribution in [0.5, 0.6) is 0 Å². The first-order chi connectivity index (χ1) is 12.3. The van der Waals surface area contributed by atoms with Crippen molar-refractivity contribution >= 4 is 57.2 Å². The van der Waals surface area contributed by atoms with E-state index in [1.54, 1.807) is 0 Å². The minimum absolute atomic E-state index is 0. The number of anilines is 1. The van der Waals surface area contributed by atoms with Gasteiger partial charge in [-0.05, 0) is 35.0 Å². The second kappa shape index (κ2) is 8.77. The zero-order chi connectivity index (χ0) is 17.1. The standard InChI is InChI=1S/C19H23N5S.HI/c1-20-19(21-14-16-13-15-5-2-3-6-17(15)22-16)24-10-8-23(9-11-24)18-7-4-12-25-18;/h2-7,12-13,22H,8-11,14H2,1H3,(H,20,21);1H. The number of piperazine rings is 1. The largest absolute Gasteiger partial charge is 0.360 e. The normalized spacial score (nSPS) is 15.2. The van der Waals surface area contributed by atoms with E-state index in [9.17, 15) is 0 Å². The number of benzene rings is 1. The summed E-state index contributed by atoms with van der Waals surface area (Å²) in [5.74, 6) is 0.976. The van der Waals surface area contributed by atoms with E-state index >= 15 is 0 Å². The molecule has 0 saturated carbocycles. The van der Waals surface area contributed by atoms with E-state index in [1.165, 1.54) is 21.6 Å². The lowest BCUT2D eigenvalue weighted by atomic mass is 10.2. The van der Waals surface area contributed by atoms with Gasteiger partial charge in [0.15, 0.2) is 5.96 Å². The minimum Gasteiger partial charge on any atom is -0.360 e. The Kier molecular flexibility index (Phi) is 6.42. The maximum atomic E-state index is 4.47. The molecule has 0 atom stereocenters. The van der Waals surface area contributed by atoms with Crippen LogP contribution in [0.4, 0.5) is 5.00 Å². The van der Waals surface area contributed by atoms with Crippen LogP contribution in [-0.2, 0) is 6.54 Å². The number of rotatable bonds is 3. The van der Waals surface area contributed by atoms with Gasteiger partial charge in [0.05, 0.1) is 11.5 Å². The molecule has 26 heavy (non-hydrogen) atoms. The summed E-state index contributed by atoms with van der Waals surface area (Å²) in [6.45, 7) is 4.81. The van der Waals surface area contributed by atoms with Crippen LogP contribution < -0.4 is 10.2 Å². The molecule has 7 heteroatoms. The van der Waals surface area contributed by atoms with E-state index < -0.39 is 0 Å². The molecule has 0 aliphatic carbocycles. The summed E-state index contributed by atoms with van der Waals surface area (Å²) in [6, 6.07) is 14.9. The highest BCUT2D eigenvalue weighted by atomic mass is 127. The van der Waals surface area contributed by atoms with Gasteiger partial charge in [0.2, 0.25) is 0 Å². The van der Waals surface area contributed by atoms with E-state index in [0.717, 1.165) is 38.7 Å². The van der Waals surface area contributed by atoms with Crippen molar-refractivity contribution in [2.24, 2.45) is 4.99 Å². The van der Waals surface area contributed by atoms with Crippen LogP contribution in [0, 0.1) is 0 Å². The molecule has 1 aliphatic heterocycles. The maximum absolute atomic E-state index is 4.47. The summed E-state index contributed by atoms with van der Waals surface area (Å²) >= 11 is 1.81. The first-order valence-electron chi connectivity index (χ1n) is 8.64. The number of thiophene rings is 1. The molecule has 138 valence electrons. The maximum Gasteiger partial charge on any atom is 0.194 e. The molecule has 1 aromatic carbocycles. The van der Waals surface area contributed by atoms with E-state index in [2.05, 4.69) is 72.9 Å². The molecule has 2 N–H and O–H groups in total. The van der Waals surface area contributed by atoms with Crippen molar-refractivity contribution in [3.05, 3.63) is 53.5 Å². The smallest absolute Gasteiger partial charge is 0.194 e. The van der Waals surface area contributed by atoms with E-state index in [1.807, 2.05) is 18.4 Å². The lowest BCUT2D eigenvalue weighted by Gasteiger charge is -2.37. The first-order valence-corrected chi connectivity index (χ1v) is 9.52. The Morgan fingerprint density at radius 1 is 1.15 bits per heavy atom. The van der Waals surface area contributed by atoms with Crippen LogP contribution in [0.3, 0.4) is 0 Å². The number of aromatic nitrogens is 1. The Hall–Kier alpha value is -1.74. The average Bonchev–Trinajstić information content (AvgIpc) is 3.32. The van der Waals surface area contributed by atoms with Crippen LogP contribution >= 0.6 is 35.3 Å². The van der Waals surface area contributed by atoms with E-state index in [-0.39, 0.29) is 24.0 Å². The highest BCUT2D eigenvalue weighted by Gasteiger charge is 2.20. The van der Waals surface area contributed by atoms with Gasteiger partial charge in [0.1, 0.15) is 0 Å². The van der Waals surface area contributed by atoms with E-state index in [0.29, 0.717) is 0 Å². The highest BCUT2D eigenvalue weighted by molar-refractivity contribution is 14.0. The fourth-order valence-corrected chi connectivity index (χ4v) is 4.11. The molecule has 3 heterocycles. The fourth-order valence-electron chi connectivity index (χ4n) is 3.32. The SMILES string of the molecule is CN=C(NCc1cc2ccccc2[nH]1)N1CCN(c2cccs2)CC1.I. The number of aliphatic imine (C=N–C) groups is 1. The van der Waals surface area contributed by atoms with Crippen molar-refractivity contribution in [3.63, 3.8) is 0 Å². The molecule has 1 aliphatic rings. The van der Waals surface area contributed by atoms with Gasteiger partial charge >= 0.3 is 0 Å². The topological polar surface area (TPSA) is 46.7 Å². The summed E-state index contributed by atoms with van der Waals surface area (Å²) in [7, 11) is 1.86. The molecule has 0 spiro atoms. The summed E-state index contributed by atoms with van der Waals surface area (Å²) in [5.41, 5.74) is 2.36. The Morgan fingerprint density at radius 3 is 2.65 bits per heavy atom. The third-order valence-corrected chi connectivity index (χ3v) is 5.56. The number of nitrogens with zero attached hydrogens (tertiary/aromatic N) is 3. The molecule has 1 fully saturated rings. The van der Waals surface area contributed by atoms with Crippen LogP contribution in [0.2, 0.25) is 0 Å². The zero-order valence-corrected chi connectivity index (χ0v) is 18.0. The molecule has 0 radical (unpaired) electrons. The summed E-state index contributed by atoms with van der Waals surface area (Å²) < 4.78 is 0. The second-order valence-corrected chi connectivity index (χ2v) is 7.13. The first kappa shape index (κ1) is 19.0. The number of H-pyrrole nitrogens is 1. The van der Waals surface area contributed by atoms with E-state index in [4.69, 9.17) is 0 Å². The van der Waals surface area contributed by atoms with Crippen molar-refractivity contribution in [2.45, 2.75) is 6.54 Å². The van der Waals surface area contributed by atoms with Crippen molar-refractivity contribution < 1.29 is 0 Å². The second-order valence-electron chi connectivity index (χ2n) is 6.21. The number of guanidine groups is 1. The lowest BCUT2D eigenvalue weighted by molar-refractivity contribution is 0.373. The predicted molar refractivity (Wildman–Crippen MR) is 122 cm³/mol. The van der Waals surface area contributed by atoms with Gasteiger partial charge in [-0.2, -0.15) is 0 Å². The number of nitrogens with one attached hydrogen (secondary N) is 2. The Balaban J connectivity index is 0.00000196. The number of para-hydroxylation sites is 1. The Labute approximate surface area is 175 Å². The van der Waals surface area contributed by atoms with Crippen molar-refractivity contribution in [1.29, 1.82) is 0 Å². The minimum atomic E-state index is 0. The molecule has 5 nitrogen and oxygen atoms in total. The number of hydrogen-bond donors (Lipinski definition) is 2. The van der Waals surface area contributed by atoms with Gasteiger partial charge in [-0.3, -0.25) is 4.99 Å². The Bertz CT molecular complexity index is 817. The van der Waals surface area contributed by atoms with Crippen molar-refractivity contribution in [2.75, 3.05) is 38.1 Å². The molecular formula is C19H24IN5S. The lowest BCUT2D eigenvalue weighted by Crippen LogP contribution is -2.52. The fraction of sp³-hybridized carbons (Fsp3) is 0.316. The van der Waals surface area contributed by atoms with Gasteiger partial charge in [0, 0.05) is 44.4 Å². The van der Waals surface area contributed by atoms with Crippen LogP contribution in [0.15, 0.2) is 52.8 Å². The number of fused-ring (bicyclic) bond motifs is 1. The third kappa shape index (κ3) is 4.15. The summed E-state index contributed by atoms with van der Waals surface area (Å²) in [5, 5.41) is 8.25. The Morgan fingerprint density at radius 2 is 1.96 bits per heavy atom. The van der Waals surface area contributed by atoms with Crippen LogP contribution in [0.1, 0.15) is 5.69 Å². The number of hydrogen-bond acceptors (Lipinski definition) is 3. The van der Waals surface area contributed by atoms with Crippen molar-refractivity contribution in [1.82, 2.24) is 15.2 Å². The molecule has 0 unspecified atom stereocenters. The molecule has 2 aromatic heterocycles. The molecule has 3 aromatic rings. The molecule has 4 rings (SSSR count). The summed E-state index contributed by atoms with van der Waals surface area (Å²) in [6.07, 6.45) is 0. The van der Waals surface area contributed by atoms with Gasteiger partial charge in [0.25, 0.3) is 0 Å². The van der Waals surface area contributed by atoms with Gasteiger partial charge < -0.3 is 20.1 Å². The number of halogens is 1. The van der Waals surface area contributed by atoms with Gasteiger partial charge in [-0.25, -0.2) is 0 Å². The van der Waals surface area contributed by atoms with Gasteiger partial charge in [-0.1, -0.05) is 18.2 Å². The monoisotopic (exact) mass is 481 g/mol. The van der Waals surface area contributed by atoms with Gasteiger partial charge in [-0.15, -0.1) is 35.3 Å². The average molecular weight is 481 g/mol. The molecule has 0 amide bonds. The zero-order valence-electron chi connectivity index (χ0n) is 14.8. The highest BCUT2D eigenvalue weighted by Crippen LogP contribution is 2.22. The van der Waals surface area contributed by atoms with Crippen molar-refractivity contribution in [3.8, 4) is 0 Å². The number of aromatic amines is 1. The predicted octanol–water partition coefficient (Wildman–Crippen LogP) is 3.75. The third-order valence-electron chi connectivity index (χ3n) is 4.63. The van der Waals surface area contributed by atoms with Crippen LogP contribution in [-0.4, -0.2) is 49.1 Å². The van der Waals surface area contributed by atoms with Crippen LogP contribution in [0.25, 0.3) is 10.9 Å². The molecular weight excluding hydrogens is 457 g/mol.